The zero-order valence-corrected chi connectivity index (χ0v) is 12.4. The fraction of sp³-hybridized carbons (Fsp3) is 0.643. The van der Waals surface area contributed by atoms with Gasteiger partial charge in [0, 0.05) is 22.8 Å². The monoisotopic (exact) mass is 268 g/mol. The van der Waals surface area contributed by atoms with Crippen molar-refractivity contribution in [3.63, 3.8) is 0 Å². The molecule has 0 aliphatic rings. The summed E-state index contributed by atoms with van der Waals surface area (Å²) in [5, 5.41) is 6.20. The van der Waals surface area contributed by atoms with Crippen molar-refractivity contribution in [2.24, 2.45) is 0 Å². The Morgan fingerprint density at radius 2 is 2.06 bits per heavy atom. The molecule has 1 heterocycles. The van der Waals surface area contributed by atoms with Crippen molar-refractivity contribution in [3.8, 4) is 0 Å². The van der Waals surface area contributed by atoms with E-state index in [4.69, 9.17) is 0 Å². The smallest absolute Gasteiger partial charge is 0.236 e. The van der Waals surface area contributed by atoms with Crippen LogP contribution in [-0.2, 0) is 17.8 Å². The van der Waals surface area contributed by atoms with E-state index in [9.17, 15) is 4.79 Å². The second-order valence-corrected chi connectivity index (χ2v) is 5.72. The van der Waals surface area contributed by atoms with Gasteiger partial charge in [0.25, 0.3) is 0 Å². The summed E-state index contributed by atoms with van der Waals surface area (Å²) in [6, 6.07) is 4.17. The van der Waals surface area contributed by atoms with Crippen LogP contribution in [0.5, 0.6) is 0 Å². The van der Waals surface area contributed by atoms with Crippen molar-refractivity contribution in [1.29, 1.82) is 0 Å². The third kappa shape index (κ3) is 5.19. The van der Waals surface area contributed by atoms with E-state index in [1.165, 1.54) is 9.75 Å². The summed E-state index contributed by atoms with van der Waals surface area (Å²) in [5.74, 6) is 0.0933. The number of thiophene rings is 1. The highest BCUT2D eigenvalue weighted by Crippen LogP contribution is 2.16. The highest BCUT2D eigenvalue weighted by Gasteiger charge is 2.11. The largest absolute Gasteiger partial charge is 0.355 e. The van der Waals surface area contributed by atoms with Gasteiger partial charge in [0.05, 0.1) is 6.04 Å². The van der Waals surface area contributed by atoms with E-state index in [1.54, 1.807) is 0 Å². The number of hydrogen-bond donors (Lipinski definition) is 2. The third-order valence-corrected chi connectivity index (χ3v) is 4.10. The van der Waals surface area contributed by atoms with E-state index >= 15 is 0 Å². The van der Waals surface area contributed by atoms with Crippen LogP contribution in [0.1, 0.15) is 43.4 Å². The second kappa shape index (κ2) is 8.27. The van der Waals surface area contributed by atoms with E-state index < -0.39 is 0 Å². The first-order valence-corrected chi connectivity index (χ1v) is 7.57. The highest BCUT2D eigenvalue weighted by atomic mass is 32.1. The summed E-state index contributed by atoms with van der Waals surface area (Å²) in [6.07, 6.45) is 3.23. The zero-order chi connectivity index (χ0) is 13.4. The lowest BCUT2D eigenvalue weighted by Crippen LogP contribution is -2.42. The molecule has 1 atom stereocenters. The summed E-state index contributed by atoms with van der Waals surface area (Å²) < 4.78 is 0. The highest BCUT2D eigenvalue weighted by molar-refractivity contribution is 7.11. The molecule has 0 saturated carbocycles. The Morgan fingerprint density at radius 1 is 1.33 bits per heavy atom. The average molecular weight is 268 g/mol. The minimum Gasteiger partial charge on any atom is -0.355 e. The molecule has 1 amide bonds. The molecule has 1 aromatic heterocycles. The molecule has 0 bridgehead atoms. The van der Waals surface area contributed by atoms with Crippen LogP contribution >= 0.6 is 11.3 Å². The van der Waals surface area contributed by atoms with Gasteiger partial charge in [0.1, 0.15) is 0 Å². The maximum atomic E-state index is 11.7. The van der Waals surface area contributed by atoms with Gasteiger partial charge in [-0.25, -0.2) is 0 Å². The van der Waals surface area contributed by atoms with Gasteiger partial charge in [-0.2, -0.15) is 0 Å². The van der Waals surface area contributed by atoms with Crippen molar-refractivity contribution in [2.75, 3.05) is 6.54 Å². The van der Waals surface area contributed by atoms with Crippen LogP contribution in [0.15, 0.2) is 12.1 Å². The summed E-state index contributed by atoms with van der Waals surface area (Å²) in [6.45, 7) is 7.74. The van der Waals surface area contributed by atoms with E-state index in [0.29, 0.717) is 0 Å². The maximum absolute atomic E-state index is 11.7. The van der Waals surface area contributed by atoms with Crippen LogP contribution in [0.2, 0.25) is 0 Å². The molecule has 0 aliphatic heterocycles. The number of amides is 1. The van der Waals surface area contributed by atoms with Gasteiger partial charge in [-0.15, -0.1) is 11.3 Å². The molecule has 1 aromatic rings. The molecule has 2 N–H and O–H groups in total. The van der Waals surface area contributed by atoms with E-state index in [2.05, 4.69) is 36.6 Å². The Balaban J connectivity index is 2.27. The minimum absolute atomic E-state index is 0.0933. The number of carbonyl (C=O) groups is 1. The average Bonchev–Trinajstić information content (AvgIpc) is 2.84. The summed E-state index contributed by atoms with van der Waals surface area (Å²) >= 11 is 1.81. The van der Waals surface area contributed by atoms with Crippen molar-refractivity contribution in [1.82, 2.24) is 10.6 Å². The maximum Gasteiger partial charge on any atom is 0.236 e. The van der Waals surface area contributed by atoms with E-state index in [1.807, 2.05) is 18.3 Å². The van der Waals surface area contributed by atoms with Gasteiger partial charge in [-0.1, -0.05) is 20.3 Å². The first-order chi connectivity index (χ1) is 8.67. The van der Waals surface area contributed by atoms with Gasteiger partial charge < -0.3 is 10.6 Å². The number of nitrogens with one attached hydrogen (secondary N) is 2. The lowest BCUT2D eigenvalue weighted by Gasteiger charge is -2.13. The summed E-state index contributed by atoms with van der Waals surface area (Å²) in [5.41, 5.74) is 0. The van der Waals surface area contributed by atoms with Gasteiger partial charge in [-0.3, -0.25) is 4.79 Å². The lowest BCUT2D eigenvalue weighted by molar-refractivity contribution is -0.122. The Hall–Kier alpha value is -0.870. The molecule has 102 valence electrons. The Labute approximate surface area is 114 Å². The predicted octanol–water partition coefficient (Wildman–Crippen LogP) is 2.70. The molecule has 0 aromatic carbocycles. The standard InChI is InChI=1S/C14H24N2OS/c1-4-6-9-15-14(17)11(3)16-10-13-8-7-12(5-2)18-13/h7-8,11,16H,4-6,9-10H2,1-3H3,(H,15,17). The van der Waals surface area contributed by atoms with Gasteiger partial charge in [0.15, 0.2) is 0 Å². The third-order valence-electron chi connectivity index (χ3n) is 2.87. The Kier molecular flexibility index (Phi) is 6.98. The normalized spacial score (nSPS) is 12.4. The molecular formula is C14H24N2OS. The van der Waals surface area contributed by atoms with Crippen LogP contribution in [0.3, 0.4) is 0 Å². The van der Waals surface area contributed by atoms with Crippen LogP contribution in [0.4, 0.5) is 0 Å². The topological polar surface area (TPSA) is 41.1 Å². The van der Waals surface area contributed by atoms with Crippen molar-refractivity contribution < 1.29 is 4.79 Å². The molecular weight excluding hydrogens is 244 g/mol. The number of unbranched alkanes of at least 4 members (excludes halogenated alkanes) is 1. The molecule has 3 nitrogen and oxygen atoms in total. The van der Waals surface area contributed by atoms with Gasteiger partial charge in [0.2, 0.25) is 5.91 Å². The Bertz CT molecular complexity index is 362. The van der Waals surface area contributed by atoms with Crippen molar-refractivity contribution >= 4 is 17.2 Å². The minimum atomic E-state index is -0.131. The number of rotatable bonds is 8. The van der Waals surface area contributed by atoms with Crippen LogP contribution in [0.25, 0.3) is 0 Å². The van der Waals surface area contributed by atoms with E-state index in [-0.39, 0.29) is 11.9 Å². The lowest BCUT2D eigenvalue weighted by atomic mass is 10.3. The van der Waals surface area contributed by atoms with Crippen LogP contribution in [-0.4, -0.2) is 18.5 Å². The van der Waals surface area contributed by atoms with E-state index in [0.717, 1.165) is 32.4 Å². The fourth-order valence-electron chi connectivity index (χ4n) is 1.60. The fourth-order valence-corrected chi connectivity index (χ4v) is 2.50. The van der Waals surface area contributed by atoms with Crippen molar-refractivity contribution in [2.45, 2.75) is 52.6 Å². The summed E-state index contributed by atoms with van der Waals surface area (Å²) in [7, 11) is 0. The first-order valence-electron chi connectivity index (χ1n) is 6.76. The molecule has 0 radical (unpaired) electrons. The molecule has 0 fully saturated rings. The Morgan fingerprint density at radius 3 is 2.67 bits per heavy atom. The van der Waals surface area contributed by atoms with Gasteiger partial charge >= 0.3 is 0 Å². The zero-order valence-electron chi connectivity index (χ0n) is 11.6. The number of hydrogen-bond acceptors (Lipinski definition) is 3. The summed E-state index contributed by atoms with van der Waals surface area (Å²) in [4.78, 5) is 14.4. The number of carbonyl (C=O) groups excluding carboxylic acids is 1. The molecule has 0 aliphatic carbocycles. The molecule has 18 heavy (non-hydrogen) atoms. The molecule has 0 spiro atoms. The number of aryl methyl sites for hydroxylation is 1. The van der Waals surface area contributed by atoms with Crippen LogP contribution < -0.4 is 10.6 Å². The molecule has 0 saturated heterocycles. The SMILES string of the molecule is CCCCNC(=O)C(C)NCc1ccc(CC)s1. The first kappa shape index (κ1) is 15.2. The molecule has 4 heteroatoms. The second-order valence-electron chi connectivity index (χ2n) is 4.47. The van der Waals surface area contributed by atoms with Crippen LogP contribution in [0, 0.1) is 0 Å². The quantitative estimate of drug-likeness (QED) is 0.712. The molecule has 1 rings (SSSR count). The molecule has 1 unspecified atom stereocenters. The van der Waals surface area contributed by atoms with Gasteiger partial charge in [-0.05, 0) is 31.9 Å². The predicted molar refractivity (Wildman–Crippen MR) is 77.9 cm³/mol. The van der Waals surface area contributed by atoms with Crippen molar-refractivity contribution in [3.05, 3.63) is 21.9 Å².